The molecule has 0 heterocycles. The van der Waals surface area contributed by atoms with E-state index in [4.69, 9.17) is 5.26 Å². The first-order chi connectivity index (χ1) is 5.69. The maximum absolute atomic E-state index is 11.5. The number of nitriles is 1. The van der Waals surface area contributed by atoms with Crippen LogP contribution in [0.15, 0.2) is 0 Å². The molecule has 2 heteroatoms. The lowest BCUT2D eigenvalue weighted by atomic mass is 9.82. The van der Waals surface area contributed by atoms with Gasteiger partial charge in [0, 0.05) is 11.8 Å². The zero-order valence-electron chi connectivity index (χ0n) is 9.27. The Morgan fingerprint density at radius 2 is 1.69 bits per heavy atom. The molecule has 0 aliphatic carbocycles. The molecule has 0 aromatic rings. The smallest absolute Gasteiger partial charge is 0.138 e. The summed E-state index contributed by atoms with van der Waals surface area (Å²) in [4.78, 5) is 11.5. The monoisotopic (exact) mass is 181 g/mol. The number of ketones is 1. The van der Waals surface area contributed by atoms with Crippen LogP contribution in [-0.2, 0) is 4.79 Å². The molecule has 74 valence electrons. The maximum atomic E-state index is 11.5. The van der Waals surface area contributed by atoms with E-state index in [9.17, 15) is 4.79 Å². The van der Waals surface area contributed by atoms with Gasteiger partial charge in [0.25, 0.3) is 0 Å². The fourth-order valence-corrected chi connectivity index (χ4v) is 0.857. The van der Waals surface area contributed by atoms with E-state index in [0.717, 1.165) is 0 Å². The van der Waals surface area contributed by atoms with E-state index >= 15 is 0 Å². The van der Waals surface area contributed by atoms with E-state index in [-0.39, 0.29) is 16.6 Å². The molecule has 0 rings (SSSR count). The number of carbonyl (C=O) groups excluding carboxylic acids is 1. The summed E-state index contributed by atoms with van der Waals surface area (Å²) < 4.78 is 0. The van der Waals surface area contributed by atoms with Crippen LogP contribution in [0.3, 0.4) is 0 Å². The molecule has 2 nitrogen and oxygen atoms in total. The first-order valence-corrected chi connectivity index (χ1v) is 4.63. The van der Waals surface area contributed by atoms with Crippen molar-refractivity contribution in [2.24, 2.45) is 10.8 Å². The molecule has 0 unspecified atom stereocenters. The standard InChI is InChI=1S/C11H19NO/c1-10(2,3)9(13)6-7-11(4,5)8-12/h6-7H2,1-5H3. The number of Topliss-reactive ketones (excluding diaryl/α,β-unsaturated/α-hetero) is 1. The molecule has 0 amide bonds. The van der Waals surface area contributed by atoms with Gasteiger partial charge < -0.3 is 0 Å². The average Bonchev–Trinajstić information content (AvgIpc) is 1.98. The van der Waals surface area contributed by atoms with Crippen LogP contribution >= 0.6 is 0 Å². The highest BCUT2D eigenvalue weighted by Gasteiger charge is 2.24. The highest BCUT2D eigenvalue weighted by molar-refractivity contribution is 5.83. The maximum Gasteiger partial charge on any atom is 0.138 e. The van der Waals surface area contributed by atoms with Gasteiger partial charge in [0.2, 0.25) is 0 Å². The molecule has 0 aromatic heterocycles. The third kappa shape index (κ3) is 4.67. The van der Waals surface area contributed by atoms with Gasteiger partial charge in [0.05, 0.1) is 11.5 Å². The van der Waals surface area contributed by atoms with Crippen LogP contribution in [-0.4, -0.2) is 5.78 Å². The molecule has 0 spiro atoms. The molecule has 0 saturated heterocycles. The zero-order chi connectivity index (χ0) is 10.7. The number of nitrogens with zero attached hydrogens (tertiary/aromatic N) is 1. The first kappa shape index (κ1) is 12.2. The van der Waals surface area contributed by atoms with E-state index in [1.807, 2.05) is 34.6 Å². The van der Waals surface area contributed by atoms with Gasteiger partial charge in [-0.2, -0.15) is 5.26 Å². The summed E-state index contributed by atoms with van der Waals surface area (Å²) in [7, 11) is 0. The summed E-state index contributed by atoms with van der Waals surface area (Å²) >= 11 is 0. The van der Waals surface area contributed by atoms with Crippen molar-refractivity contribution in [1.29, 1.82) is 5.26 Å². The second-order valence-corrected chi connectivity index (χ2v) is 5.17. The third-order valence-corrected chi connectivity index (χ3v) is 2.12. The Balaban J connectivity index is 4.08. The fourth-order valence-electron chi connectivity index (χ4n) is 0.857. The Labute approximate surface area is 80.9 Å². The molecule has 0 aliphatic heterocycles. The van der Waals surface area contributed by atoms with Gasteiger partial charge >= 0.3 is 0 Å². The lowest BCUT2D eigenvalue weighted by Crippen LogP contribution is -2.22. The van der Waals surface area contributed by atoms with E-state index in [1.165, 1.54) is 0 Å². The van der Waals surface area contributed by atoms with Gasteiger partial charge in [-0.1, -0.05) is 20.8 Å². The van der Waals surface area contributed by atoms with Crippen molar-refractivity contribution in [2.75, 3.05) is 0 Å². The Morgan fingerprint density at radius 1 is 1.23 bits per heavy atom. The topological polar surface area (TPSA) is 40.9 Å². The van der Waals surface area contributed by atoms with Crippen LogP contribution in [0.4, 0.5) is 0 Å². The minimum Gasteiger partial charge on any atom is -0.299 e. The molecule has 0 saturated carbocycles. The molecule has 0 aliphatic rings. The molecular weight excluding hydrogens is 162 g/mol. The molecule has 13 heavy (non-hydrogen) atoms. The summed E-state index contributed by atoms with van der Waals surface area (Å²) in [5, 5.41) is 8.75. The number of hydrogen-bond acceptors (Lipinski definition) is 2. The quantitative estimate of drug-likeness (QED) is 0.671. The minimum atomic E-state index is -0.374. The van der Waals surface area contributed by atoms with Crippen molar-refractivity contribution in [3.63, 3.8) is 0 Å². The van der Waals surface area contributed by atoms with E-state index in [2.05, 4.69) is 6.07 Å². The van der Waals surface area contributed by atoms with E-state index in [1.54, 1.807) is 0 Å². The normalized spacial score (nSPS) is 12.3. The lowest BCUT2D eigenvalue weighted by molar-refractivity contribution is -0.126. The van der Waals surface area contributed by atoms with Crippen LogP contribution in [0.25, 0.3) is 0 Å². The largest absolute Gasteiger partial charge is 0.299 e. The molecule has 0 N–H and O–H groups in total. The molecule has 0 atom stereocenters. The van der Waals surface area contributed by atoms with Crippen molar-refractivity contribution >= 4 is 5.78 Å². The van der Waals surface area contributed by atoms with Gasteiger partial charge in [-0.25, -0.2) is 0 Å². The van der Waals surface area contributed by atoms with Crippen molar-refractivity contribution in [1.82, 2.24) is 0 Å². The van der Waals surface area contributed by atoms with Gasteiger partial charge in [-0.15, -0.1) is 0 Å². The summed E-state index contributed by atoms with van der Waals surface area (Å²) in [5.41, 5.74) is -0.646. The Bertz CT molecular complexity index is 227. The predicted molar refractivity (Wildman–Crippen MR) is 53.1 cm³/mol. The summed E-state index contributed by atoms with van der Waals surface area (Å²) in [6.07, 6.45) is 1.16. The van der Waals surface area contributed by atoms with Crippen LogP contribution in [0.5, 0.6) is 0 Å². The predicted octanol–water partition coefficient (Wildman–Crippen LogP) is 2.93. The fraction of sp³-hybridized carbons (Fsp3) is 0.818. The van der Waals surface area contributed by atoms with Gasteiger partial charge in [-0.05, 0) is 20.3 Å². The van der Waals surface area contributed by atoms with Crippen molar-refractivity contribution in [2.45, 2.75) is 47.5 Å². The first-order valence-electron chi connectivity index (χ1n) is 4.63. The number of hydrogen-bond donors (Lipinski definition) is 0. The molecule has 0 aromatic carbocycles. The summed E-state index contributed by atoms with van der Waals surface area (Å²) in [6, 6.07) is 2.20. The van der Waals surface area contributed by atoms with Crippen LogP contribution < -0.4 is 0 Å². The van der Waals surface area contributed by atoms with E-state index in [0.29, 0.717) is 12.8 Å². The zero-order valence-corrected chi connectivity index (χ0v) is 9.27. The van der Waals surface area contributed by atoms with Crippen molar-refractivity contribution in [3.05, 3.63) is 0 Å². The molecule has 0 radical (unpaired) electrons. The summed E-state index contributed by atoms with van der Waals surface area (Å²) in [5.74, 6) is 0.232. The lowest BCUT2D eigenvalue weighted by Gasteiger charge is -2.19. The molecule has 0 bridgehead atoms. The Hall–Kier alpha value is -0.840. The van der Waals surface area contributed by atoms with Crippen molar-refractivity contribution < 1.29 is 4.79 Å². The van der Waals surface area contributed by atoms with Gasteiger partial charge in [0.1, 0.15) is 5.78 Å². The second kappa shape index (κ2) is 3.91. The second-order valence-electron chi connectivity index (χ2n) is 5.17. The Kier molecular flexibility index (Phi) is 3.66. The van der Waals surface area contributed by atoms with Crippen LogP contribution in [0.1, 0.15) is 47.5 Å². The third-order valence-electron chi connectivity index (χ3n) is 2.12. The van der Waals surface area contributed by atoms with Gasteiger partial charge in [0.15, 0.2) is 0 Å². The average molecular weight is 181 g/mol. The van der Waals surface area contributed by atoms with Crippen molar-refractivity contribution in [3.8, 4) is 6.07 Å². The minimum absolute atomic E-state index is 0.232. The van der Waals surface area contributed by atoms with Crippen LogP contribution in [0.2, 0.25) is 0 Å². The Morgan fingerprint density at radius 3 is 2.00 bits per heavy atom. The summed E-state index contributed by atoms with van der Waals surface area (Å²) in [6.45, 7) is 9.46. The molecular formula is C11H19NO. The van der Waals surface area contributed by atoms with Gasteiger partial charge in [-0.3, -0.25) is 4.79 Å². The van der Waals surface area contributed by atoms with E-state index < -0.39 is 0 Å². The molecule has 0 fully saturated rings. The number of rotatable bonds is 3. The highest BCUT2D eigenvalue weighted by Crippen LogP contribution is 2.25. The highest BCUT2D eigenvalue weighted by atomic mass is 16.1. The number of carbonyl (C=O) groups is 1. The SMILES string of the molecule is CC(C)(C#N)CCC(=O)C(C)(C)C. The van der Waals surface area contributed by atoms with Crippen LogP contribution in [0, 0.1) is 22.2 Å².